The molecular weight excluding hydrogens is 312 g/mol. The van der Waals surface area contributed by atoms with E-state index in [-0.39, 0.29) is 0 Å². The van der Waals surface area contributed by atoms with Gasteiger partial charge in [0.05, 0.1) is 3.79 Å². The lowest BCUT2D eigenvalue weighted by atomic mass is 10.2. The van der Waals surface area contributed by atoms with Gasteiger partial charge in [-0.15, -0.1) is 11.3 Å². The Hall–Kier alpha value is 0.660. The van der Waals surface area contributed by atoms with Crippen LogP contribution in [0.15, 0.2) is 9.85 Å². The molecule has 1 aliphatic rings. The van der Waals surface area contributed by atoms with Crippen molar-refractivity contribution in [3.05, 3.63) is 20.3 Å². The van der Waals surface area contributed by atoms with E-state index in [1.807, 2.05) is 11.3 Å². The van der Waals surface area contributed by atoms with Gasteiger partial charge in [-0.1, -0.05) is 28.8 Å². The first-order chi connectivity index (χ1) is 6.16. The Bertz CT molecular complexity index is 282. The molecule has 0 aliphatic heterocycles. The fraction of sp³-hybridized carbons (Fsp3) is 0.600. The third kappa shape index (κ3) is 2.57. The highest BCUT2D eigenvalue weighted by Gasteiger charge is 2.25. The summed E-state index contributed by atoms with van der Waals surface area (Å²) in [7, 11) is 0. The molecular formula is C10H12Br2S. The summed E-state index contributed by atoms with van der Waals surface area (Å²) in [6, 6.07) is 2.29. The number of halogens is 2. The minimum Gasteiger partial charge on any atom is -0.132 e. The van der Waals surface area contributed by atoms with E-state index in [0.29, 0.717) is 4.83 Å². The van der Waals surface area contributed by atoms with Crippen LogP contribution in [0.4, 0.5) is 0 Å². The van der Waals surface area contributed by atoms with Gasteiger partial charge >= 0.3 is 0 Å². The highest BCUT2D eigenvalue weighted by atomic mass is 79.9. The fourth-order valence-corrected chi connectivity index (χ4v) is 3.90. The van der Waals surface area contributed by atoms with E-state index in [1.165, 1.54) is 33.5 Å². The van der Waals surface area contributed by atoms with E-state index in [2.05, 4.69) is 44.8 Å². The van der Waals surface area contributed by atoms with Crippen LogP contribution in [0.3, 0.4) is 0 Å². The van der Waals surface area contributed by atoms with Gasteiger partial charge in [0, 0.05) is 9.70 Å². The molecule has 0 nitrogen and oxygen atoms in total. The lowest BCUT2D eigenvalue weighted by molar-refractivity contribution is 0.728. The second kappa shape index (κ2) is 4.03. The van der Waals surface area contributed by atoms with Gasteiger partial charge in [-0.2, -0.15) is 0 Å². The maximum Gasteiger partial charge on any atom is 0.0730 e. The van der Waals surface area contributed by atoms with Gasteiger partial charge in [-0.05, 0) is 46.8 Å². The molecule has 1 saturated carbocycles. The molecule has 0 bridgehead atoms. The average Bonchev–Trinajstić information content (AvgIpc) is 2.81. The second-order valence-corrected chi connectivity index (χ2v) is 7.26. The highest BCUT2D eigenvalue weighted by molar-refractivity contribution is 9.11. The van der Waals surface area contributed by atoms with Crippen LogP contribution in [0.25, 0.3) is 0 Å². The lowest BCUT2D eigenvalue weighted by Crippen LogP contribution is -1.86. The van der Waals surface area contributed by atoms with Crippen molar-refractivity contribution in [2.24, 2.45) is 5.92 Å². The second-order valence-electron chi connectivity index (χ2n) is 3.75. The molecule has 3 heteroatoms. The molecule has 0 spiro atoms. The van der Waals surface area contributed by atoms with Crippen LogP contribution >= 0.6 is 43.2 Å². The van der Waals surface area contributed by atoms with Gasteiger partial charge < -0.3 is 0 Å². The van der Waals surface area contributed by atoms with Gasteiger partial charge in [0.1, 0.15) is 0 Å². The third-order valence-electron chi connectivity index (χ3n) is 2.42. The van der Waals surface area contributed by atoms with Crippen LogP contribution < -0.4 is 0 Å². The Morgan fingerprint density at radius 2 is 2.31 bits per heavy atom. The summed E-state index contributed by atoms with van der Waals surface area (Å²) in [5.74, 6) is 0.991. The van der Waals surface area contributed by atoms with Gasteiger partial charge in [-0.3, -0.25) is 0 Å². The molecule has 0 amide bonds. The van der Waals surface area contributed by atoms with Gasteiger partial charge in [-0.25, -0.2) is 0 Å². The summed E-state index contributed by atoms with van der Waals surface area (Å²) in [6.45, 7) is 2.15. The van der Waals surface area contributed by atoms with E-state index in [1.54, 1.807) is 0 Å². The number of alkyl halides is 1. The predicted octanol–water partition coefficient (Wildman–Crippen LogP) is 5.06. The molecule has 1 heterocycles. The first kappa shape index (κ1) is 10.2. The molecule has 0 saturated heterocycles. The molecule has 1 unspecified atom stereocenters. The first-order valence-corrected chi connectivity index (χ1v) is 7.09. The normalized spacial score (nSPS) is 19.0. The SMILES string of the molecule is Cc1cc(C(Br)CC2CC2)sc1Br. The minimum atomic E-state index is 0.579. The summed E-state index contributed by atoms with van der Waals surface area (Å²) < 4.78 is 1.28. The van der Waals surface area contributed by atoms with Crippen molar-refractivity contribution in [3.8, 4) is 0 Å². The molecule has 1 fully saturated rings. The predicted molar refractivity (Wildman–Crippen MR) is 65.8 cm³/mol. The van der Waals surface area contributed by atoms with Crippen LogP contribution in [-0.2, 0) is 0 Å². The number of aryl methyl sites for hydroxylation is 1. The van der Waals surface area contributed by atoms with Crippen molar-refractivity contribution >= 4 is 43.2 Å². The molecule has 1 aliphatic carbocycles. The van der Waals surface area contributed by atoms with Crippen molar-refractivity contribution in [2.75, 3.05) is 0 Å². The van der Waals surface area contributed by atoms with Crippen molar-refractivity contribution in [3.63, 3.8) is 0 Å². The van der Waals surface area contributed by atoms with Crippen LogP contribution in [-0.4, -0.2) is 0 Å². The van der Waals surface area contributed by atoms with Crippen molar-refractivity contribution in [1.82, 2.24) is 0 Å². The minimum absolute atomic E-state index is 0.579. The maximum absolute atomic E-state index is 3.76. The average molecular weight is 324 g/mol. The quantitative estimate of drug-likeness (QED) is 0.682. The topological polar surface area (TPSA) is 0 Å². The molecule has 72 valence electrons. The molecule has 13 heavy (non-hydrogen) atoms. The van der Waals surface area contributed by atoms with Crippen LogP contribution in [0.2, 0.25) is 0 Å². The monoisotopic (exact) mass is 322 g/mol. The van der Waals surface area contributed by atoms with E-state index < -0.39 is 0 Å². The summed E-state index contributed by atoms with van der Waals surface area (Å²) in [5.41, 5.74) is 1.36. The standard InChI is InChI=1S/C10H12Br2S/c1-6-4-9(13-10(6)12)8(11)5-7-2-3-7/h4,7-8H,2-3,5H2,1H3. The summed E-state index contributed by atoms with van der Waals surface area (Å²) in [4.78, 5) is 2.05. The Kier molecular flexibility index (Phi) is 3.16. The van der Waals surface area contributed by atoms with E-state index in [9.17, 15) is 0 Å². The molecule has 0 radical (unpaired) electrons. The Morgan fingerprint density at radius 3 is 2.77 bits per heavy atom. The smallest absolute Gasteiger partial charge is 0.0730 e. The van der Waals surface area contributed by atoms with Crippen LogP contribution in [0.5, 0.6) is 0 Å². The zero-order chi connectivity index (χ0) is 9.42. The Morgan fingerprint density at radius 1 is 1.62 bits per heavy atom. The Balaban J connectivity index is 2.05. The largest absolute Gasteiger partial charge is 0.132 e. The van der Waals surface area contributed by atoms with Crippen LogP contribution in [0.1, 0.15) is 34.5 Å². The van der Waals surface area contributed by atoms with Gasteiger partial charge in [0.15, 0.2) is 0 Å². The van der Waals surface area contributed by atoms with Gasteiger partial charge in [0.2, 0.25) is 0 Å². The van der Waals surface area contributed by atoms with Crippen molar-refractivity contribution in [2.45, 2.75) is 31.0 Å². The fourth-order valence-electron chi connectivity index (χ4n) is 1.40. The summed E-state index contributed by atoms with van der Waals surface area (Å²) in [6.07, 6.45) is 4.19. The summed E-state index contributed by atoms with van der Waals surface area (Å²) in [5, 5.41) is 0. The first-order valence-electron chi connectivity index (χ1n) is 4.56. The highest BCUT2D eigenvalue weighted by Crippen LogP contribution is 2.44. The zero-order valence-corrected chi connectivity index (χ0v) is 11.5. The number of rotatable bonds is 3. The van der Waals surface area contributed by atoms with E-state index in [4.69, 9.17) is 0 Å². The molecule has 1 atom stereocenters. The lowest BCUT2D eigenvalue weighted by Gasteiger charge is -2.04. The maximum atomic E-state index is 3.76. The molecule has 0 N–H and O–H groups in total. The van der Waals surface area contributed by atoms with E-state index >= 15 is 0 Å². The number of hydrogen-bond acceptors (Lipinski definition) is 1. The summed E-state index contributed by atoms with van der Waals surface area (Å²) >= 11 is 9.19. The van der Waals surface area contributed by atoms with Crippen LogP contribution in [0, 0.1) is 12.8 Å². The Labute approximate surface area is 100.0 Å². The number of hydrogen-bond donors (Lipinski definition) is 0. The van der Waals surface area contributed by atoms with Crippen molar-refractivity contribution in [1.29, 1.82) is 0 Å². The number of thiophene rings is 1. The zero-order valence-electron chi connectivity index (χ0n) is 7.52. The van der Waals surface area contributed by atoms with Gasteiger partial charge in [0.25, 0.3) is 0 Å². The molecule has 1 aromatic rings. The van der Waals surface area contributed by atoms with E-state index in [0.717, 1.165) is 5.92 Å². The molecule has 1 aromatic heterocycles. The van der Waals surface area contributed by atoms with Crippen molar-refractivity contribution < 1.29 is 0 Å². The molecule has 2 rings (SSSR count). The third-order valence-corrected chi connectivity index (χ3v) is 5.84. The molecule has 0 aromatic carbocycles.